The van der Waals surface area contributed by atoms with Crippen LogP contribution in [0.25, 0.3) is 0 Å². The minimum Gasteiger partial charge on any atom is -0.465 e. The first-order chi connectivity index (χ1) is 9.51. The molecular weight excluding hydrogens is 254 g/mol. The number of nitrogens with one attached hydrogen (secondary N) is 1. The fourth-order valence-electron chi connectivity index (χ4n) is 1.91. The van der Waals surface area contributed by atoms with Crippen LogP contribution in [-0.4, -0.2) is 18.1 Å². The van der Waals surface area contributed by atoms with Crippen LogP contribution < -0.4 is 11.1 Å². The highest BCUT2D eigenvalue weighted by molar-refractivity contribution is 5.95. The van der Waals surface area contributed by atoms with Crippen molar-refractivity contribution in [3.63, 3.8) is 0 Å². The van der Waals surface area contributed by atoms with Crippen molar-refractivity contribution in [2.75, 3.05) is 18.2 Å². The van der Waals surface area contributed by atoms with Crippen molar-refractivity contribution in [3.8, 4) is 0 Å². The maximum absolute atomic E-state index is 11.6. The average Bonchev–Trinajstić information content (AvgIpc) is 2.43. The van der Waals surface area contributed by atoms with Crippen LogP contribution in [-0.2, 0) is 4.74 Å². The van der Waals surface area contributed by atoms with Gasteiger partial charge >= 0.3 is 5.97 Å². The zero-order chi connectivity index (χ0) is 14.7. The molecular formula is C15H17N3O2. The van der Waals surface area contributed by atoms with Crippen molar-refractivity contribution in [2.24, 2.45) is 0 Å². The maximum atomic E-state index is 11.6. The first-order valence-corrected chi connectivity index (χ1v) is 6.19. The number of benzene rings is 1. The Morgan fingerprint density at radius 1 is 1.30 bits per heavy atom. The van der Waals surface area contributed by atoms with Crippen molar-refractivity contribution in [1.82, 2.24) is 4.98 Å². The minimum atomic E-state index is -0.478. The second kappa shape index (κ2) is 5.61. The van der Waals surface area contributed by atoms with Gasteiger partial charge in [0.15, 0.2) is 0 Å². The number of hydrogen-bond acceptors (Lipinski definition) is 5. The van der Waals surface area contributed by atoms with Crippen LogP contribution in [0.4, 0.5) is 17.2 Å². The number of nitrogens with zero attached hydrogens (tertiary/aromatic N) is 1. The summed E-state index contributed by atoms with van der Waals surface area (Å²) in [5.41, 5.74) is 9.54. The number of carbonyl (C=O) groups excluding carboxylic acids is 1. The molecule has 0 aliphatic rings. The Bertz CT molecular complexity index is 654. The normalized spacial score (nSPS) is 10.2. The minimum absolute atomic E-state index is 0.294. The summed E-state index contributed by atoms with van der Waals surface area (Å²) in [6.07, 6.45) is 1.44. The molecule has 5 heteroatoms. The van der Waals surface area contributed by atoms with Gasteiger partial charge in [-0.25, -0.2) is 9.78 Å². The lowest BCUT2D eigenvalue weighted by Crippen LogP contribution is -2.07. The van der Waals surface area contributed by atoms with Gasteiger partial charge in [0.1, 0.15) is 5.82 Å². The summed E-state index contributed by atoms with van der Waals surface area (Å²) in [7, 11) is 1.32. The molecule has 0 aliphatic carbocycles. The third kappa shape index (κ3) is 2.88. The van der Waals surface area contributed by atoms with E-state index in [2.05, 4.69) is 21.1 Å². The van der Waals surface area contributed by atoms with Crippen LogP contribution in [0.3, 0.4) is 0 Å². The molecule has 5 nitrogen and oxygen atoms in total. The first-order valence-electron chi connectivity index (χ1n) is 6.19. The number of carbonyl (C=O) groups is 1. The third-order valence-electron chi connectivity index (χ3n) is 2.98. The zero-order valence-electron chi connectivity index (χ0n) is 11.7. The van der Waals surface area contributed by atoms with Gasteiger partial charge in [0.2, 0.25) is 0 Å². The van der Waals surface area contributed by atoms with Gasteiger partial charge in [-0.2, -0.15) is 0 Å². The number of nitrogen functional groups attached to an aromatic ring is 1. The summed E-state index contributed by atoms with van der Waals surface area (Å²) >= 11 is 0. The fourth-order valence-corrected chi connectivity index (χ4v) is 1.91. The Morgan fingerprint density at radius 3 is 2.70 bits per heavy atom. The number of esters is 1. The molecule has 20 heavy (non-hydrogen) atoms. The van der Waals surface area contributed by atoms with Crippen LogP contribution in [0, 0.1) is 13.8 Å². The van der Waals surface area contributed by atoms with Gasteiger partial charge in [-0.3, -0.25) is 0 Å². The second-order valence-electron chi connectivity index (χ2n) is 4.59. The second-order valence-corrected chi connectivity index (χ2v) is 4.59. The van der Waals surface area contributed by atoms with E-state index in [1.165, 1.54) is 18.9 Å². The first kappa shape index (κ1) is 13.9. The van der Waals surface area contributed by atoms with Gasteiger partial charge in [-0.05, 0) is 31.5 Å². The summed E-state index contributed by atoms with van der Waals surface area (Å²) in [6.45, 7) is 4.04. The molecule has 0 saturated heterocycles. The zero-order valence-corrected chi connectivity index (χ0v) is 11.7. The standard InChI is InChI=1S/C15H17N3O2/c1-9-4-5-13(10(2)6-9)18-14-7-11(15(19)20-3)12(16)8-17-14/h4-8H,16H2,1-3H3,(H,17,18). The molecule has 3 N–H and O–H groups in total. The number of nitrogens with two attached hydrogens (primary N) is 1. The van der Waals surface area contributed by atoms with Crippen molar-refractivity contribution in [2.45, 2.75) is 13.8 Å². The van der Waals surface area contributed by atoms with Crippen LogP contribution in [0.15, 0.2) is 30.5 Å². The largest absolute Gasteiger partial charge is 0.465 e. The molecule has 2 aromatic rings. The van der Waals surface area contributed by atoms with E-state index in [4.69, 9.17) is 5.73 Å². The lowest BCUT2D eigenvalue weighted by molar-refractivity contribution is 0.0602. The van der Waals surface area contributed by atoms with Crippen molar-refractivity contribution >= 4 is 23.2 Å². The Hall–Kier alpha value is -2.56. The number of methoxy groups -OCH3 is 1. The summed E-state index contributed by atoms with van der Waals surface area (Å²) in [5, 5.41) is 3.17. The van der Waals surface area contributed by atoms with Gasteiger partial charge in [0, 0.05) is 5.69 Å². The molecule has 104 valence electrons. The lowest BCUT2D eigenvalue weighted by atomic mass is 10.1. The third-order valence-corrected chi connectivity index (χ3v) is 2.98. The van der Waals surface area contributed by atoms with E-state index in [0.717, 1.165) is 11.3 Å². The Balaban J connectivity index is 2.32. The fraction of sp³-hybridized carbons (Fsp3) is 0.200. The maximum Gasteiger partial charge on any atom is 0.340 e. The summed E-state index contributed by atoms with van der Waals surface area (Å²) in [5.74, 6) is 0.0696. The van der Waals surface area contributed by atoms with Crippen LogP contribution >= 0.6 is 0 Å². The summed E-state index contributed by atoms with van der Waals surface area (Å²) in [6, 6.07) is 7.63. The van der Waals surface area contributed by atoms with Gasteiger partial charge < -0.3 is 15.8 Å². The molecule has 1 aromatic carbocycles. The molecule has 0 atom stereocenters. The summed E-state index contributed by atoms with van der Waals surface area (Å²) < 4.78 is 4.69. The van der Waals surface area contributed by atoms with E-state index < -0.39 is 5.97 Å². The predicted octanol–water partition coefficient (Wildman–Crippen LogP) is 2.81. The molecule has 0 amide bonds. The SMILES string of the molecule is COC(=O)c1cc(Nc2ccc(C)cc2C)ncc1N. The molecule has 0 bridgehead atoms. The van der Waals surface area contributed by atoms with Crippen LogP contribution in [0.1, 0.15) is 21.5 Å². The monoisotopic (exact) mass is 271 g/mol. The van der Waals surface area contributed by atoms with E-state index in [0.29, 0.717) is 17.1 Å². The van der Waals surface area contributed by atoms with E-state index in [9.17, 15) is 4.79 Å². The van der Waals surface area contributed by atoms with E-state index in [1.807, 2.05) is 26.0 Å². The number of anilines is 3. The Kier molecular flexibility index (Phi) is 3.89. The lowest BCUT2D eigenvalue weighted by Gasteiger charge is -2.11. The molecule has 0 unspecified atom stereocenters. The molecule has 0 spiro atoms. The molecule has 0 aliphatic heterocycles. The topological polar surface area (TPSA) is 77.2 Å². The van der Waals surface area contributed by atoms with Crippen molar-refractivity contribution in [1.29, 1.82) is 0 Å². The van der Waals surface area contributed by atoms with E-state index in [1.54, 1.807) is 6.07 Å². The molecule has 2 rings (SSSR count). The molecule has 0 fully saturated rings. The smallest absolute Gasteiger partial charge is 0.340 e. The number of aromatic nitrogens is 1. The van der Waals surface area contributed by atoms with E-state index in [-0.39, 0.29) is 0 Å². The van der Waals surface area contributed by atoms with Gasteiger partial charge in [-0.1, -0.05) is 17.7 Å². The predicted molar refractivity (Wildman–Crippen MR) is 79.2 cm³/mol. The highest BCUT2D eigenvalue weighted by atomic mass is 16.5. The summed E-state index contributed by atoms with van der Waals surface area (Å²) in [4.78, 5) is 15.8. The van der Waals surface area contributed by atoms with Gasteiger partial charge in [0.05, 0.1) is 24.6 Å². The Labute approximate surface area is 117 Å². The molecule has 0 radical (unpaired) electrons. The average molecular weight is 271 g/mol. The van der Waals surface area contributed by atoms with Crippen molar-refractivity contribution < 1.29 is 9.53 Å². The molecule has 1 aromatic heterocycles. The quantitative estimate of drug-likeness (QED) is 0.839. The molecule has 0 saturated carbocycles. The number of hydrogen-bond donors (Lipinski definition) is 2. The number of aryl methyl sites for hydroxylation is 2. The number of pyridine rings is 1. The Morgan fingerprint density at radius 2 is 2.05 bits per heavy atom. The highest BCUT2D eigenvalue weighted by Crippen LogP contribution is 2.22. The number of ether oxygens (including phenoxy) is 1. The van der Waals surface area contributed by atoms with Gasteiger partial charge in [-0.15, -0.1) is 0 Å². The van der Waals surface area contributed by atoms with Crippen molar-refractivity contribution in [3.05, 3.63) is 47.2 Å². The molecule has 1 heterocycles. The van der Waals surface area contributed by atoms with Gasteiger partial charge in [0.25, 0.3) is 0 Å². The number of rotatable bonds is 3. The highest BCUT2D eigenvalue weighted by Gasteiger charge is 2.12. The van der Waals surface area contributed by atoms with Crippen LogP contribution in [0.2, 0.25) is 0 Å². The van der Waals surface area contributed by atoms with E-state index >= 15 is 0 Å². The van der Waals surface area contributed by atoms with Crippen LogP contribution in [0.5, 0.6) is 0 Å².